The monoisotopic (exact) mass is 1610 g/mol. The zero-order valence-corrected chi connectivity index (χ0v) is 72.5. The van der Waals surface area contributed by atoms with Crippen LogP contribution in [0.1, 0.15) is 44.5 Å². The Morgan fingerprint density at radius 1 is 0.151 bits per heavy atom. The van der Waals surface area contributed by atoms with Crippen molar-refractivity contribution in [2.75, 3.05) is 19.6 Å². The molecule has 0 aliphatic carbocycles. The van der Waals surface area contributed by atoms with E-state index in [2.05, 4.69) is 512 Å². The number of benzene rings is 20. The van der Waals surface area contributed by atoms with Gasteiger partial charge < -0.3 is 19.6 Å². The van der Waals surface area contributed by atoms with Gasteiger partial charge in [0.1, 0.15) is 0 Å². The van der Waals surface area contributed by atoms with E-state index in [1.165, 1.54) is 143 Å². The van der Waals surface area contributed by atoms with Crippen molar-refractivity contribution < 1.29 is 0 Å². The number of hydrogen-bond acceptors (Lipinski definition) is 4. The molecule has 0 heterocycles. The van der Waals surface area contributed by atoms with E-state index in [1.807, 2.05) is 0 Å². The first kappa shape index (κ1) is 79.3. The van der Waals surface area contributed by atoms with Crippen LogP contribution < -0.4 is 52.4 Å². The van der Waals surface area contributed by atoms with E-state index in [9.17, 15) is 0 Å². The van der Waals surface area contributed by atoms with Crippen LogP contribution in [0.2, 0.25) is 0 Å². The average Bonchev–Trinajstić information content (AvgIpc) is 0.692. The first-order chi connectivity index (χ1) is 61.9. The van der Waals surface area contributed by atoms with Crippen molar-refractivity contribution in [2.45, 2.75) is 55.4 Å². The molecule has 20 aromatic rings. The van der Waals surface area contributed by atoms with Crippen molar-refractivity contribution in [2.24, 2.45) is 0 Å². The van der Waals surface area contributed by atoms with Crippen molar-refractivity contribution in [3.63, 3.8) is 0 Å². The maximum Gasteiger partial charge on any atom is 0.243 e. The van der Waals surface area contributed by atoms with Gasteiger partial charge in [-0.2, -0.15) is 0 Å². The van der Waals surface area contributed by atoms with Crippen LogP contribution in [-0.4, -0.2) is 13.4 Å². The van der Waals surface area contributed by atoms with Crippen LogP contribution in [0.25, 0.3) is 76.8 Å². The van der Waals surface area contributed by atoms with Gasteiger partial charge in [-0.05, 0) is 278 Å². The van der Waals surface area contributed by atoms with Crippen LogP contribution in [0.15, 0.2) is 437 Å². The van der Waals surface area contributed by atoms with Gasteiger partial charge in [0.2, 0.25) is 13.4 Å². The molecule has 602 valence electrons. The summed E-state index contributed by atoms with van der Waals surface area (Å²) in [5.41, 5.74) is 39.7. The summed E-state index contributed by atoms with van der Waals surface area (Å²) in [5, 5.41) is 7.27. The third-order valence-electron chi connectivity index (χ3n) is 25.8. The molecular weight excluding hydrogens is 1520 g/mol. The normalized spacial score (nSPS) is 11.3. The van der Waals surface area contributed by atoms with Gasteiger partial charge in [-0.15, -0.1) is 0 Å². The number of aryl methyl sites for hydroxylation is 8. The highest BCUT2D eigenvalue weighted by Crippen LogP contribution is 2.48. The molecule has 0 radical (unpaired) electrons. The Hall–Kier alpha value is -15.2. The Morgan fingerprint density at radius 3 is 0.532 bits per heavy atom. The molecule has 0 amide bonds. The summed E-state index contributed by atoms with van der Waals surface area (Å²) in [6.07, 6.45) is 0. The van der Waals surface area contributed by atoms with Crippen molar-refractivity contribution in [1.29, 1.82) is 0 Å². The maximum atomic E-state index is 2.63. The quantitative estimate of drug-likeness (QED) is 0.0495. The molecule has 4 nitrogen and oxygen atoms in total. The molecule has 0 saturated carbocycles. The van der Waals surface area contributed by atoms with Gasteiger partial charge in [0.15, 0.2) is 0 Å². The van der Waals surface area contributed by atoms with E-state index >= 15 is 0 Å². The van der Waals surface area contributed by atoms with Gasteiger partial charge in [-0.25, -0.2) is 0 Å². The standard InChI is InChI=1S/C120H96B2N4/c1-81-71-99(123(91-47-23-11-24-48-91)92-49-25-12-26-50-92)72-82(2)117(81)121(118-83(3)73-100(74-84(118)4)124(93-51-27-13-28-52-93)94-53-29-14-30-54-94)113-79-111(105-65-41-39-63-103(105)89-43-19-9-20-44-89)107-68-70-110-114(80-112(108-67-69-109(113)115(107)116(108)110)106-66-42-40-64-104(106)90-45-21-10-22-46-90)122(119-85(5)75-101(76-86(119)6)125(95-55-31-15-32-56-95)96-57-33-16-34-58-96)120-87(7)77-102(78-88(120)8)126(97-59-35-17-36-60-97)98-61-37-18-38-62-98/h9-80H,1-8H3. The van der Waals surface area contributed by atoms with E-state index in [0.29, 0.717) is 0 Å². The molecule has 0 fully saturated rings. The molecule has 0 unspecified atom stereocenters. The predicted molar refractivity (Wildman–Crippen MR) is 544 cm³/mol. The fraction of sp³-hybridized carbons (Fsp3) is 0.0667. The average molecular weight is 1620 g/mol. The molecule has 0 bridgehead atoms. The number of para-hydroxylation sites is 8. The zero-order chi connectivity index (χ0) is 85.5. The van der Waals surface area contributed by atoms with E-state index in [1.54, 1.807) is 0 Å². The lowest BCUT2D eigenvalue weighted by atomic mass is 9.33. The lowest BCUT2D eigenvalue weighted by molar-refractivity contribution is 1.26. The summed E-state index contributed by atoms with van der Waals surface area (Å²) in [6, 6.07) is 162. The molecule has 0 aliphatic rings. The first-order valence-corrected chi connectivity index (χ1v) is 44.0. The molecular formula is C120H96B2N4. The second kappa shape index (κ2) is 34.2. The highest BCUT2D eigenvalue weighted by Gasteiger charge is 2.37. The van der Waals surface area contributed by atoms with Gasteiger partial charge >= 0.3 is 0 Å². The highest BCUT2D eigenvalue weighted by atomic mass is 15.2. The smallest absolute Gasteiger partial charge is 0.243 e. The minimum absolute atomic E-state index is 0.320. The molecule has 126 heavy (non-hydrogen) atoms. The molecule has 0 aliphatic heterocycles. The van der Waals surface area contributed by atoms with E-state index in [0.717, 1.165) is 79.4 Å². The van der Waals surface area contributed by atoms with Crippen LogP contribution in [0.5, 0.6) is 0 Å². The number of anilines is 12. The SMILES string of the molecule is Cc1cc(N(c2ccccc2)c2ccccc2)cc(C)c1B(c1c(C)cc(N(c2ccccc2)c2ccccc2)cc1C)c1cc(-c2ccccc2-c2ccccc2)c2ccc3c(B(c4c(C)cc(N(c5ccccc5)c5ccccc5)cc4C)c4c(C)cc(N(c5ccccc5)c5ccccc5)cc4C)cc(-c4ccccc4-c4ccccc4)c4ccc1c2c34. The fourth-order valence-electron chi connectivity index (χ4n) is 20.6. The van der Waals surface area contributed by atoms with Gasteiger partial charge in [0, 0.05) is 68.2 Å². The van der Waals surface area contributed by atoms with Gasteiger partial charge in [-0.3, -0.25) is 0 Å². The Balaban J connectivity index is 0.930. The highest BCUT2D eigenvalue weighted by molar-refractivity contribution is 6.99. The Kier molecular flexibility index (Phi) is 21.5. The van der Waals surface area contributed by atoms with E-state index in [-0.39, 0.29) is 13.4 Å². The van der Waals surface area contributed by atoms with Crippen molar-refractivity contribution >= 4 is 147 Å². The lowest BCUT2D eigenvalue weighted by Crippen LogP contribution is -2.56. The van der Waals surface area contributed by atoms with Crippen LogP contribution in [0.3, 0.4) is 0 Å². The summed E-state index contributed by atoms with van der Waals surface area (Å²) < 4.78 is 0. The summed E-state index contributed by atoms with van der Waals surface area (Å²) >= 11 is 0. The topological polar surface area (TPSA) is 13.0 Å². The molecule has 0 aromatic heterocycles. The molecule has 20 rings (SSSR count). The Bertz CT molecular complexity index is 6370. The van der Waals surface area contributed by atoms with Crippen LogP contribution >= 0.6 is 0 Å². The van der Waals surface area contributed by atoms with E-state index < -0.39 is 0 Å². The summed E-state index contributed by atoms with van der Waals surface area (Å²) in [4.78, 5) is 9.67. The minimum atomic E-state index is -0.320. The minimum Gasteiger partial charge on any atom is -0.310 e. The van der Waals surface area contributed by atoms with Gasteiger partial charge in [-0.1, -0.05) is 368 Å². The summed E-state index contributed by atoms with van der Waals surface area (Å²) in [6.45, 7) is 18.3. The number of hydrogen-bond donors (Lipinski definition) is 0. The maximum absolute atomic E-state index is 2.63. The molecule has 6 heteroatoms. The van der Waals surface area contributed by atoms with Crippen LogP contribution in [-0.2, 0) is 0 Å². The first-order valence-electron chi connectivity index (χ1n) is 44.0. The second-order valence-electron chi connectivity index (χ2n) is 33.8. The van der Waals surface area contributed by atoms with Crippen molar-refractivity contribution in [1.82, 2.24) is 0 Å². The van der Waals surface area contributed by atoms with Crippen LogP contribution in [0.4, 0.5) is 68.2 Å². The van der Waals surface area contributed by atoms with Gasteiger partial charge in [0.25, 0.3) is 0 Å². The largest absolute Gasteiger partial charge is 0.310 e. The predicted octanol–water partition coefficient (Wildman–Crippen LogP) is 28.6. The summed E-state index contributed by atoms with van der Waals surface area (Å²) in [7, 11) is 0. The second-order valence-corrected chi connectivity index (χ2v) is 33.8. The van der Waals surface area contributed by atoms with Crippen LogP contribution in [0, 0.1) is 55.4 Å². The molecule has 0 atom stereocenters. The number of nitrogens with zero attached hydrogens (tertiary/aromatic N) is 4. The zero-order valence-electron chi connectivity index (χ0n) is 72.5. The number of rotatable bonds is 22. The van der Waals surface area contributed by atoms with Crippen molar-refractivity contribution in [3.8, 4) is 44.5 Å². The third-order valence-corrected chi connectivity index (χ3v) is 25.8. The van der Waals surface area contributed by atoms with E-state index in [4.69, 9.17) is 0 Å². The fourth-order valence-corrected chi connectivity index (χ4v) is 20.6. The van der Waals surface area contributed by atoms with Gasteiger partial charge in [0.05, 0.1) is 0 Å². The summed E-state index contributed by atoms with van der Waals surface area (Å²) in [5.74, 6) is 0. The molecule has 0 saturated heterocycles. The Morgan fingerprint density at radius 2 is 0.325 bits per heavy atom. The molecule has 0 spiro atoms. The lowest BCUT2D eigenvalue weighted by Gasteiger charge is -2.32. The van der Waals surface area contributed by atoms with Crippen molar-refractivity contribution in [3.05, 3.63) is 481 Å². The third kappa shape index (κ3) is 14.7. The Labute approximate surface area is 742 Å². The molecule has 0 N–H and O–H groups in total. The molecule has 20 aromatic carbocycles.